The third-order valence-electron chi connectivity index (χ3n) is 3.83. The Morgan fingerprint density at radius 2 is 1.76 bits per heavy atom. The molecule has 5 heteroatoms. The molecule has 0 saturated carbocycles. The van der Waals surface area contributed by atoms with Crippen molar-refractivity contribution in [1.29, 1.82) is 0 Å². The van der Waals surface area contributed by atoms with Crippen LogP contribution in [0.3, 0.4) is 0 Å². The molecule has 0 unspecified atom stereocenters. The van der Waals surface area contributed by atoms with Crippen LogP contribution in [0.2, 0.25) is 5.02 Å². The summed E-state index contributed by atoms with van der Waals surface area (Å²) in [5, 5.41) is 0.507. The fourth-order valence-electron chi connectivity index (χ4n) is 2.62. The standard InChI is InChI=1S/C16H18ClFN2O/c17-16-10-14(18)4-3-13(16)11-19-5-7-20(8-6-19)12-15-2-1-9-21-15/h1-4,9-10H,5-8,11-12H2. The number of rotatable bonds is 4. The molecule has 1 aliphatic rings. The Morgan fingerprint density at radius 3 is 2.38 bits per heavy atom. The highest BCUT2D eigenvalue weighted by Crippen LogP contribution is 2.20. The predicted molar refractivity (Wildman–Crippen MR) is 80.7 cm³/mol. The van der Waals surface area contributed by atoms with Gasteiger partial charge in [0.2, 0.25) is 0 Å². The highest BCUT2D eigenvalue weighted by atomic mass is 35.5. The molecule has 0 N–H and O–H groups in total. The van der Waals surface area contributed by atoms with Crippen LogP contribution < -0.4 is 0 Å². The molecule has 1 saturated heterocycles. The highest BCUT2D eigenvalue weighted by Gasteiger charge is 2.18. The molecule has 2 aromatic rings. The van der Waals surface area contributed by atoms with Gasteiger partial charge in [-0.15, -0.1) is 0 Å². The first-order chi connectivity index (χ1) is 10.2. The van der Waals surface area contributed by atoms with Gasteiger partial charge in [-0.1, -0.05) is 17.7 Å². The molecule has 1 aliphatic heterocycles. The van der Waals surface area contributed by atoms with Gasteiger partial charge in [-0.3, -0.25) is 9.80 Å². The van der Waals surface area contributed by atoms with E-state index in [4.69, 9.17) is 16.0 Å². The van der Waals surface area contributed by atoms with Crippen molar-refractivity contribution in [3.8, 4) is 0 Å². The molecule has 3 rings (SSSR count). The lowest BCUT2D eigenvalue weighted by Crippen LogP contribution is -2.45. The van der Waals surface area contributed by atoms with Crippen molar-refractivity contribution < 1.29 is 8.81 Å². The van der Waals surface area contributed by atoms with Gasteiger partial charge in [-0.25, -0.2) is 4.39 Å². The third kappa shape index (κ3) is 3.84. The van der Waals surface area contributed by atoms with E-state index in [-0.39, 0.29) is 5.82 Å². The van der Waals surface area contributed by atoms with E-state index in [1.54, 1.807) is 12.3 Å². The fraction of sp³-hybridized carbons (Fsp3) is 0.375. The number of furan rings is 1. The van der Waals surface area contributed by atoms with Crippen molar-refractivity contribution >= 4 is 11.6 Å². The zero-order valence-electron chi connectivity index (χ0n) is 11.8. The van der Waals surface area contributed by atoms with E-state index in [1.807, 2.05) is 12.1 Å². The molecule has 0 spiro atoms. The largest absolute Gasteiger partial charge is 0.468 e. The Morgan fingerprint density at radius 1 is 1.05 bits per heavy atom. The summed E-state index contributed by atoms with van der Waals surface area (Å²) in [6.07, 6.45) is 1.71. The van der Waals surface area contributed by atoms with Gasteiger partial charge in [0.25, 0.3) is 0 Å². The quantitative estimate of drug-likeness (QED) is 0.863. The number of piperazine rings is 1. The van der Waals surface area contributed by atoms with Crippen molar-refractivity contribution in [2.45, 2.75) is 13.1 Å². The van der Waals surface area contributed by atoms with Gasteiger partial charge in [0.05, 0.1) is 12.8 Å². The molecule has 21 heavy (non-hydrogen) atoms. The number of nitrogens with zero attached hydrogens (tertiary/aromatic N) is 2. The molecule has 0 aliphatic carbocycles. The van der Waals surface area contributed by atoms with Gasteiger partial charge in [0.1, 0.15) is 11.6 Å². The summed E-state index contributed by atoms with van der Waals surface area (Å²) in [7, 11) is 0. The van der Waals surface area contributed by atoms with Crippen LogP contribution in [0.1, 0.15) is 11.3 Å². The summed E-state index contributed by atoms with van der Waals surface area (Å²) in [6, 6.07) is 8.54. The summed E-state index contributed by atoms with van der Waals surface area (Å²) >= 11 is 6.08. The third-order valence-corrected chi connectivity index (χ3v) is 4.19. The lowest BCUT2D eigenvalue weighted by molar-refractivity contribution is 0.116. The molecule has 0 bridgehead atoms. The zero-order valence-corrected chi connectivity index (χ0v) is 12.5. The molecule has 1 fully saturated rings. The van der Waals surface area contributed by atoms with Gasteiger partial charge >= 0.3 is 0 Å². The van der Waals surface area contributed by atoms with Crippen molar-refractivity contribution in [3.05, 3.63) is 58.8 Å². The molecule has 0 atom stereocenters. The van der Waals surface area contributed by atoms with E-state index >= 15 is 0 Å². The molecule has 1 aromatic heterocycles. The maximum Gasteiger partial charge on any atom is 0.124 e. The summed E-state index contributed by atoms with van der Waals surface area (Å²) < 4.78 is 18.4. The number of halogens is 2. The first kappa shape index (κ1) is 14.6. The zero-order chi connectivity index (χ0) is 14.7. The van der Waals surface area contributed by atoms with E-state index < -0.39 is 0 Å². The van der Waals surface area contributed by atoms with E-state index in [1.165, 1.54) is 12.1 Å². The smallest absolute Gasteiger partial charge is 0.124 e. The molecular weight excluding hydrogens is 291 g/mol. The lowest BCUT2D eigenvalue weighted by atomic mass is 10.2. The summed E-state index contributed by atoms with van der Waals surface area (Å²) in [4.78, 5) is 4.72. The van der Waals surface area contributed by atoms with E-state index in [9.17, 15) is 4.39 Å². The monoisotopic (exact) mass is 308 g/mol. The normalized spacial score (nSPS) is 17.2. The summed E-state index contributed by atoms with van der Waals surface area (Å²) in [5.74, 6) is 0.719. The SMILES string of the molecule is Fc1ccc(CN2CCN(Cc3ccco3)CC2)c(Cl)c1. The maximum atomic E-state index is 13.0. The number of hydrogen-bond donors (Lipinski definition) is 0. The summed E-state index contributed by atoms with van der Waals surface area (Å²) in [6.45, 7) is 5.59. The van der Waals surface area contributed by atoms with Crippen LogP contribution in [0.5, 0.6) is 0 Å². The minimum atomic E-state index is -0.285. The van der Waals surface area contributed by atoms with Crippen LogP contribution in [0.25, 0.3) is 0 Å². The van der Waals surface area contributed by atoms with Crippen LogP contribution >= 0.6 is 11.6 Å². The van der Waals surface area contributed by atoms with Gasteiger partial charge in [-0.2, -0.15) is 0 Å². The Kier molecular flexibility index (Phi) is 4.58. The van der Waals surface area contributed by atoms with Crippen LogP contribution in [-0.4, -0.2) is 36.0 Å². The second-order valence-electron chi connectivity index (χ2n) is 5.37. The van der Waals surface area contributed by atoms with Gasteiger partial charge < -0.3 is 4.42 Å². The fourth-order valence-corrected chi connectivity index (χ4v) is 2.85. The van der Waals surface area contributed by atoms with Gasteiger partial charge in [-0.05, 0) is 29.8 Å². The first-order valence-corrected chi connectivity index (χ1v) is 7.49. The number of benzene rings is 1. The lowest BCUT2D eigenvalue weighted by Gasteiger charge is -2.34. The summed E-state index contributed by atoms with van der Waals surface area (Å²) in [5.41, 5.74) is 0.984. The van der Waals surface area contributed by atoms with Crippen molar-refractivity contribution in [3.63, 3.8) is 0 Å². The Balaban J connectivity index is 1.51. The van der Waals surface area contributed by atoms with Crippen molar-refractivity contribution in [2.24, 2.45) is 0 Å². The van der Waals surface area contributed by atoms with Crippen LogP contribution in [0.15, 0.2) is 41.0 Å². The Labute approximate surface area is 128 Å². The molecule has 0 amide bonds. The van der Waals surface area contributed by atoms with Crippen molar-refractivity contribution in [2.75, 3.05) is 26.2 Å². The molecule has 3 nitrogen and oxygen atoms in total. The van der Waals surface area contributed by atoms with Gasteiger partial charge in [0.15, 0.2) is 0 Å². The Hall–Kier alpha value is -1.36. The molecule has 1 aromatic carbocycles. The highest BCUT2D eigenvalue weighted by molar-refractivity contribution is 6.31. The molecular formula is C16H18ClFN2O. The van der Waals surface area contributed by atoms with E-state index in [0.717, 1.165) is 50.6 Å². The van der Waals surface area contributed by atoms with Crippen LogP contribution in [0.4, 0.5) is 4.39 Å². The van der Waals surface area contributed by atoms with E-state index in [2.05, 4.69) is 9.80 Å². The molecule has 112 valence electrons. The van der Waals surface area contributed by atoms with Crippen molar-refractivity contribution in [1.82, 2.24) is 9.80 Å². The van der Waals surface area contributed by atoms with E-state index in [0.29, 0.717) is 5.02 Å². The topological polar surface area (TPSA) is 19.6 Å². The first-order valence-electron chi connectivity index (χ1n) is 7.12. The minimum Gasteiger partial charge on any atom is -0.468 e. The van der Waals surface area contributed by atoms with Gasteiger partial charge in [0, 0.05) is 37.7 Å². The van der Waals surface area contributed by atoms with Crippen LogP contribution in [0, 0.1) is 5.82 Å². The molecule has 2 heterocycles. The second kappa shape index (κ2) is 6.60. The predicted octanol–water partition coefficient (Wildman–Crippen LogP) is 3.39. The number of hydrogen-bond acceptors (Lipinski definition) is 3. The average Bonchev–Trinajstić information content (AvgIpc) is 2.97. The average molecular weight is 309 g/mol. The second-order valence-corrected chi connectivity index (χ2v) is 5.77. The minimum absolute atomic E-state index is 0.285. The maximum absolute atomic E-state index is 13.0. The molecule has 0 radical (unpaired) electrons. The van der Waals surface area contributed by atoms with Crippen LogP contribution in [-0.2, 0) is 13.1 Å². The Bertz CT molecular complexity index is 580.